The van der Waals surface area contributed by atoms with Gasteiger partial charge in [-0.15, -0.1) is 0 Å². The Morgan fingerprint density at radius 2 is 2.05 bits per heavy atom. The lowest BCUT2D eigenvalue weighted by Crippen LogP contribution is -2.38. The number of pyridine rings is 1. The zero-order valence-corrected chi connectivity index (χ0v) is 12.0. The number of amides is 1. The second kappa shape index (κ2) is 5.74. The van der Waals surface area contributed by atoms with E-state index >= 15 is 0 Å². The number of hydrogen-bond donors (Lipinski definition) is 2. The van der Waals surface area contributed by atoms with Gasteiger partial charge in [0.1, 0.15) is 6.04 Å². The number of hydrogen-bond acceptors (Lipinski definition) is 4. The van der Waals surface area contributed by atoms with E-state index < -0.39 is 17.9 Å². The van der Waals surface area contributed by atoms with Gasteiger partial charge in [-0.1, -0.05) is 0 Å². The number of nitrogens with one attached hydrogen (secondary N) is 1. The van der Waals surface area contributed by atoms with Crippen LogP contribution in [0.3, 0.4) is 0 Å². The molecule has 7 heteroatoms. The number of aliphatic carboxylic acids is 1. The number of nitrogens with zero attached hydrogens (tertiary/aromatic N) is 3. The fourth-order valence-corrected chi connectivity index (χ4v) is 1.85. The van der Waals surface area contributed by atoms with Crippen molar-refractivity contribution in [3.05, 3.63) is 41.3 Å². The molecule has 2 heterocycles. The van der Waals surface area contributed by atoms with E-state index in [0.29, 0.717) is 11.4 Å². The van der Waals surface area contributed by atoms with Crippen LogP contribution < -0.4 is 5.32 Å². The van der Waals surface area contributed by atoms with Gasteiger partial charge in [0, 0.05) is 11.9 Å². The highest BCUT2D eigenvalue weighted by Crippen LogP contribution is 2.10. The molecule has 0 radical (unpaired) electrons. The molecular weight excluding hydrogens is 272 g/mol. The van der Waals surface area contributed by atoms with Crippen LogP contribution in [0.15, 0.2) is 24.4 Å². The van der Waals surface area contributed by atoms with E-state index in [9.17, 15) is 9.59 Å². The monoisotopic (exact) mass is 288 g/mol. The molecular formula is C14H16N4O3. The van der Waals surface area contributed by atoms with Crippen molar-refractivity contribution in [2.75, 3.05) is 0 Å². The summed E-state index contributed by atoms with van der Waals surface area (Å²) >= 11 is 0. The summed E-state index contributed by atoms with van der Waals surface area (Å²) in [4.78, 5) is 26.7. The minimum absolute atomic E-state index is 0.299. The van der Waals surface area contributed by atoms with Crippen molar-refractivity contribution >= 4 is 11.9 Å². The van der Waals surface area contributed by atoms with E-state index in [2.05, 4.69) is 15.4 Å². The van der Waals surface area contributed by atoms with Crippen LogP contribution in [0.1, 0.15) is 28.7 Å². The van der Waals surface area contributed by atoms with Gasteiger partial charge in [0.25, 0.3) is 5.91 Å². The normalized spacial score (nSPS) is 12.0. The van der Waals surface area contributed by atoms with Crippen molar-refractivity contribution in [3.8, 4) is 5.82 Å². The zero-order valence-electron chi connectivity index (χ0n) is 12.0. The van der Waals surface area contributed by atoms with Crippen molar-refractivity contribution in [2.24, 2.45) is 0 Å². The molecule has 21 heavy (non-hydrogen) atoms. The summed E-state index contributed by atoms with van der Waals surface area (Å²) in [7, 11) is 0. The topological polar surface area (TPSA) is 97.1 Å². The summed E-state index contributed by atoms with van der Waals surface area (Å²) < 4.78 is 1.68. The highest BCUT2D eigenvalue weighted by Gasteiger charge is 2.15. The Morgan fingerprint density at radius 3 is 2.52 bits per heavy atom. The van der Waals surface area contributed by atoms with Crippen LogP contribution in [-0.2, 0) is 4.79 Å². The minimum Gasteiger partial charge on any atom is -0.480 e. The first-order chi connectivity index (χ1) is 9.88. The molecule has 0 aromatic carbocycles. The molecule has 2 aromatic heterocycles. The molecule has 2 aromatic rings. The second-order valence-electron chi connectivity index (χ2n) is 4.78. The molecule has 0 saturated carbocycles. The molecule has 0 spiro atoms. The second-order valence-corrected chi connectivity index (χ2v) is 4.78. The van der Waals surface area contributed by atoms with Crippen molar-refractivity contribution in [1.82, 2.24) is 20.1 Å². The number of carbonyl (C=O) groups is 2. The van der Waals surface area contributed by atoms with E-state index in [4.69, 9.17) is 5.11 Å². The van der Waals surface area contributed by atoms with Crippen molar-refractivity contribution in [2.45, 2.75) is 26.8 Å². The zero-order chi connectivity index (χ0) is 15.6. The predicted octanol–water partition coefficient (Wildman–Crippen LogP) is 1.09. The molecule has 0 aliphatic carbocycles. The Hall–Kier alpha value is -2.70. The predicted molar refractivity (Wildman–Crippen MR) is 75.4 cm³/mol. The first kappa shape index (κ1) is 14.7. The van der Waals surface area contributed by atoms with Gasteiger partial charge in [0.2, 0.25) is 0 Å². The lowest BCUT2D eigenvalue weighted by Gasteiger charge is -2.09. The average Bonchev–Trinajstić information content (AvgIpc) is 2.77. The minimum atomic E-state index is -1.09. The Bertz CT molecular complexity index is 676. The van der Waals surface area contributed by atoms with Gasteiger partial charge in [0.15, 0.2) is 5.82 Å². The maximum Gasteiger partial charge on any atom is 0.325 e. The lowest BCUT2D eigenvalue weighted by molar-refractivity contribution is -0.138. The van der Waals surface area contributed by atoms with Gasteiger partial charge >= 0.3 is 5.97 Å². The first-order valence-corrected chi connectivity index (χ1v) is 6.42. The van der Waals surface area contributed by atoms with Crippen molar-refractivity contribution in [3.63, 3.8) is 0 Å². The quantitative estimate of drug-likeness (QED) is 0.877. The van der Waals surface area contributed by atoms with Crippen molar-refractivity contribution in [1.29, 1.82) is 0 Å². The largest absolute Gasteiger partial charge is 0.480 e. The Kier molecular flexibility index (Phi) is 4.02. The maximum atomic E-state index is 11.8. The number of carboxylic acids is 1. The Balaban J connectivity index is 2.17. The van der Waals surface area contributed by atoms with Crippen LogP contribution in [0.4, 0.5) is 0 Å². The smallest absolute Gasteiger partial charge is 0.325 e. The van der Waals surface area contributed by atoms with E-state index in [0.717, 1.165) is 11.4 Å². The summed E-state index contributed by atoms with van der Waals surface area (Å²) in [6.45, 7) is 5.20. The lowest BCUT2D eigenvalue weighted by atomic mass is 10.2. The number of rotatable bonds is 4. The summed E-state index contributed by atoms with van der Waals surface area (Å²) in [6, 6.07) is 4.23. The van der Waals surface area contributed by atoms with E-state index in [1.807, 2.05) is 19.9 Å². The summed E-state index contributed by atoms with van der Waals surface area (Å²) in [5, 5.41) is 15.4. The number of carbonyl (C=O) groups excluding carboxylic acids is 1. The van der Waals surface area contributed by atoms with Crippen LogP contribution in [-0.4, -0.2) is 37.8 Å². The first-order valence-electron chi connectivity index (χ1n) is 6.42. The standard InChI is InChI=1S/C14H16N4O3/c1-8-6-9(2)18(17-8)12-5-4-11(7-15-12)13(19)16-10(3)14(20)21/h4-7,10H,1-3H3,(H,16,19)(H,20,21). The van der Waals surface area contributed by atoms with Crippen LogP contribution in [0.25, 0.3) is 5.82 Å². The Morgan fingerprint density at radius 1 is 1.33 bits per heavy atom. The van der Waals surface area contributed by atoms with Gasteiger partial charge in [-0.25, -0.2) is 9.67 Å². The number of carboxylic acid groups (broad SMARTS) is 1. The molecule has 1 atom stereocenters. The van der Waals surface area contributed by atoms with Gasteiger partial charge < -0.3 is 10.4 Å². The number of aryl methyl sites for hydroxylation is 2. The fraction of sp³-hybridized carbons (Fsp3) is 0.286. The molecule has 0 saturated heterocycles. The molecule has 7 nitrogen and oxygen atoms in total. The third-order valence-corrected chi connectivity index (χ3v) is 2.95. The van der Waals surface area contributed by atoms with Gasteiger partial charge in [-0.2, -0.15) is 5.10 Å². The molecule has 0 bridgehead atoms. The SMILES string of the molecule is Cc1cc(C)n(-c2ccc(C(=O)NC(C)C(=O)O)cn2)n1. The molecule has 1 unspecified atom stereocenters. The number of aromatic nitrogens is 3. The summed E-state index contributed by atoms with van der Waals surface area (Å²) in [5.74, 6) is -0.962. The van der Waals surface area contributed by atoms with Crippen LogP contribution >= 0.6 is 0 Å². The highest BCUT2D eigenvalue weighted by atomic mass is 16.4. The Labute approximate surface area is 121 Å². The molecule has 1 amide bonds. The van der Waals surface area contributed by atoms with Crippen molar-refractivity contribution < 1.29 is 14.7 Å². The van der Waals surface area contributed by atoms with E-state index in [-0.39, 0.29) is 0 Å². The van der Waals surface area contributed by atoms with E-state index in [1.54, 1.807) is 16.8 Å². The average molecular weight is 288 g/mol. The third-order valence-electron chi connectivity index (χ3n) is 2.95. The molecule has 0 aliphatic rings. The van der Waals surface area contributed by atoms with Gasteiger partial charge in [-0.05, 0) is 39.0 Å². The summed E-state index contributed by atoms with van der Waals surface area (Å²) in [5.41, 5.74) is 2.12. The fourth-order valence-electron chi connectivity index (χ4n) is 1.85. The van der Waals surface area contributed by atoms with Gasteiger partial charge in [0.05, 0.1) is 11.3 Å². The van der Waals surface area contributed by atoms with Crippen LogP contribution in [0, 0.1) is 13.8 Å². The summed E-state index contributed by atoms with van der Waals surface area (Å²) in [6.07, 6.45) is 1.40. The highest BCUT2D eigenvalue weighted by molar-refractivity contribution is 5.96. The molecule has 110 valence electrons. The molecule has 2 N–H and O–H groups in total. The van der Waals surface area contributed by atoms with Crippen LogP contribution in [0.2, 0.25) is 0 Å². The van der Waals surface area contributed by atoms with Crippen LogP contribution in [0.5, 0.6) is 0 Å². The third kappa shape index (κ3) is 3.25. The molecule has 0 aliphatic heterocycles. The molecule has 2 rings (SSSR count). The molecule has 0 fully saturated rings. The maximum absolute atomic E-state index is 11.8. The van der Waals surface area contributed by atoms with E-state index in [1.165, 1.54) is 13.1 Å². The van der Waals surface area contributed by atoms with Gasteiger partial charge in [-0.3, -0.25) is 9.59 Å².